The van der Waals surface area contributed by atoms with Crippen molar-refractivity contribution in [1.29, 1.82) is 0 Å². The molecule has 3 atom stereocenters. The van der Waals surface area contributed by atoms with E-state index in [1.807, 2.05) is 19.1 Å². The van der Waals surface area contributed by atoms with Gasteiger partial charge in [0.05, 0.1) is 0 Å². The lowest BCUT2D eigenvalue weighted by Crippen LogP contribution is -2.39. The largest absolute Gasteiger partial charge is 0.361 e. The Kier molecular flexibility index (Phi) is 5.77. The van der Waals surface area contributed by atoms with Crippen LogP contribution < -0.4 is 5.73 Å². The summed E-state index contributed by atoms with van der Waals surface area (Å²) in [6, 6.07) is 8.63. The Morgan fingerprint density at radius 3 is 2.54 bits per heavy atom. The SMILES string of the molecule is C=C(C)/C(=N\OC(=C)C1CC=C(CC2CCC2N)C1)c1ccc(C)cc1. The first kappa shape index (κ1) is 18.7. The first-order chi connectivity index (χ1) is 12.4. The third-order valence-electron chi connectivity index (χ3n) is 5.64. The summed E-state index contributed by atoms with van der Waals surface area (Å²) >= 11 is 0. The molecule has 3 unspecified atom stereocenters. The molecule has 0 heterocycles. The van der Waals surface area contributed by atoms with Crippen LogP contribution in [0.5, 0.6) is 0 Å². The molecule has 2 aliphatic carbocycles. The van der Waals surface area contributed by atoms with Crippen LogP contribution in [0.1, 0.15) is 50.2 Å². The zero-order chi connectivity index (χ0) is 18.7. The quantitative estimate of drug-likeness (QED) is 0.315. The topological polar surface area (TPSA) is 47.6 Å². The molecule has 3 heteroatoms. The number of oxime groups is 1. The van der Waals surface area contributed by atoms with Gasteiger partial charge in [0, 0.05) is 17.5 Å². The zero-order valence-electron chi connectivity index (χ0n) is 16.0. The van der Waals surface area contributed by atoms with Crippen LogP contribution in [0.4, 0.5) is 0 Å². The van der Waals surface area contributed by atoms with E-state index in [9.17, 15) is 0 Å². The fraction of sp³-hybridized carbons (Fsp3) is 0.435. The third-order valence-corrected chi connectivity index (χ3v) is 5.64. The molecule has 3 rings (SSSR count). The van der Waals surface area contributed by atoms with Crippen molar-refractivity contribution in [2.24, 2.45) is 22.7 Å². The van der Waals surface area contributed by atoms with E-state index in [1.165, 1.54) is 24.0 Å². The minimum Gasteiger partial charge on any atom is -0.361 e. The van der Waals surface area contributed by atoms with Crippen LogP contribution in [0.2, 0.25) is 0 Å². The molecule has 1 aromatic rings. The average molecular weight is 351 g/mol. The molecule has 0 spiro atoms. The van der Waals surface area contributed by atoms with Crippen LogP contribution in [0, 0.1) is 18.8 Å². The van der Waals surface area contributed by atoms with Crippen LogP contribution in [-0.2, 0) is 4.84 Å². The van der Waals surface area contributed by atoms with Crippen molar-refractivity contribution in [3.8, 4) is 0 Å². The Hall–Kier alpha value is -2.13. The van der Waals surface area contributed by atoms with Gasteiger partial charge in [0.1, 0.15) is 11.5 Å². The molecule has 1 saturated carbocycles. The summed E-state index contributed by atoms with van der Waals surface area (Å²) in [5.74, 6) is 1.72. The van der Waals surface area contributed by atoms with Crippen LogP contribution in [-0.4, -0.2) is 11.8 Å². The van der Waals surface area contributed by atoms with E-state index < -0.39 is 0 Å². The van der Waals surface area contributed by atoms with Crippen LogP contribution in [0.3, 0.4) is 0 Å². The molecule has 0 aliphatic heterocycles. The lowest BCUT2D eigenvalue weighted by Gasteiger charge is -2.34. The van der Waals surface area contributed by atoms with Crippen molar-refractivity contribution in [1.82, 2.24) is 0 Å². The molecule has 0 amide bonds. The molecule has 2 aliphatic rings. The number of nitrogens with two attached hydrogens (primary N) is 1. The van der Waals surface area contributed by atoms with E-state index in [0.29, 0.717) is 17.9 Å². The molecule has 138 valence electrons. The Morgan fingerprint density at radius 1 is 1.23 bits per heavy atom. The van der Waals surface area contributed by atoms with Crippen molar-refractivity contribution >= 4 is 5.71 Å². The smallest absolute Gasteiger partial charge is 0.131 e. The highest BCUT2D eigenvalue weighted by molar-refractivity contribution is 6.11. The first-order valence-corrected chi connectivity index (χ1v) is 9.54. The Morgan fingerprint density at radius 2 is 1.96 bits per heavy atom. The van der Waals surface area contributed by atoms with Gasteiger partial charge in [-0.25, -0.2) is 0 Å². The van der Waals surface area contributed by atoms with E-state index in [-0.39, 0.29) is 0 Å². The van der Waals surface area contributed by atoms with Gasteiger partial charge in [-0.05, 0) is 57.4 Å². The summed E-state index contributed by atoms with van der Waals surface area (Å²) in [4.78, 5) is 5.72. The second-order valence-corrected chi connectivity index (χ2v) is 7.85. The second kappa shape index (κ2) is 8.05. The normalized spacial score (nSPS) is 25.4. The number of allylic oxidation sites excluding steroid dienone is 4. The standard InChI is InChI=1S/C23H30N2O/c1-15(2)23(19-8-5-16(3)6-9-19)25-26-17(4)20-10-7-18(13-20)14-21-11-12-22(21)24/h5-9,20-22H,1,4,10-14,24H2,2-3H3/b25-23+. The Labute approximate surface area is 157 Å². The van der Waals surface area contributed by atoms with E-state index in [1.54, 1.807) is 0 Å². The Balaban J connectivity index is 1.57. The maximum atomic E-state index is 6.07. The van der Waals surface area contributed by atoms with Gasteiger partial charge in [0.25, 0.3) is 0 Å². The van der Waals surface area contributed by atoms with Gasteiger partial charge in [0.2, 0.25) is 0 Å². The van der Waals surface area contributed by atoms with Crippen molar-refractivity contribution in [2.45, 2.75) is 52.0 Å². The van der Waals surface area contributed by atoms with Crippen molar-refractivity contribution in [3.05, 3.63) is 71.5 Å². The fourth-order valence-corrected chi connectivity index (χ4v) is 3.66. The number of nitrogens with zero attached hydrogens (tertiary/aromatic N) is 1. The minimum atomic E-state index is 0.314. The summed E-state index contributed by atoms with van der Waals surface area (Å²) in [6.45, 7) is 12.2. The molecular weight excluding hydrogens is 320 g/mol. The molecular formula is C23H30N2O. The average Bonchev–Trinajstić information content (AvgIpc) is 3.08. The monoisotopic (exact) mass is 350 g/mol. The van der Waals surface area contributed by atoms with Gasteiger partial charge in [-0.1, -0.05) is 59.8 Å². The van der Waals surface area contributed by atoms with Crippen LogP contribution in [0.15, 0.2) is 65.6 Å². The lowest BCUT2D eigenvalue weighted by molar-refractivity contribution is 0.191. The first-order valence-electron chi connectivity index (χ1n) is 9.54. The number of hydrogen-bond acceptors (Lipinski definition) is 3. The minimum absolute atomic E-state index is 0.314. The number of benzene rings is 1. The maximum Gasteiger partial charge on any atom is 0.131 e. The highest BCUT2D eigenvalue weighted by Gasteiger charge is 2.30. The van der Waals surface area contributed by atoms with E-state index in [0.717, 1.165) is 41.9 Å². The van der Waals surface area contributed by atoms with Crippen molar-refractivity contribution < 1.29 is 4.84 Å². The highest BCUT2D eigenvalue weighted by Crippen LogP contribution is 2.38. The van der Waals surface area contributed by atoms with E-state index in [4.69, 9.17) is 10.6 Å². The lowest BCUT2D eigenvalue weighted by atomic mass is 9.76. The van der Waals surface area contributed by atoms with Crippen molar-refractivity contribution in [2.75, 3.05) is 0 Å². The highest BCUT2D eigenvalue weighted by atomic mass is 16.6. The second-order valence-electron chi connectivity index (χ2n) is 7.85. The van der Waals surface area contributed by atoms with Gasteiger partial charge in [-0.2, -0.15) is 0 Å². The number of rotatable bonds is 7. The molecule has 26 heavy (non-hydrogen) atoms. The predicted molar refractivity (Wildman–Crippen MR) is 109 cm³/mol. The van der Waals surface area contributed by atoms with E-state index in [2.05, 4.69) is 43.4 Å². The van der Waals surface area contributed by atoms with E-state index >= 15 is 0 Å². The zero-order valence-corrected chi connectivity index (χ0v) is 16.0. The predicted octanol–water partition coefficient (Wildman–Crippen LogP) is 5.27. The van der Waals surface area contributed by atoms with Crippen LogP contribution >= 0.6 is 0 Å². The molecule has 0 radical (unpaired) electrons. The molecule has 0 bridgehead atoms. The summed E-state index contributed by atoms with van der Waals surface area (Å²) in [5, 5.41) is 4.37. The molecule has 1 fully saturated rings. The van der Waals surface area contributed by atoms with Gasteiger partial charge < -0.3 is 10.6 Å². The molecule has 0 saturated heterocycles. The molecule has 1 aromatic carbocycles. The number of aryl methyl sites for hydroxylation is 1. The van der Waals surface area contributed by atoms with Crippen molar-refractivity contribution in [3.63, 3.8) is 0 Å². The molecule has 0 aromatic heterocycles. The summed E-state index contributed by atoms with van der Waals surface area (Å²) in [5.41, 5.74) is 11.5. The summed E-state index contributed by atoms with van der Waals surface area (Å²) in [7, 11) is 0. The summed E-state index contributed by atoms with van der Waals surface area (Å²) in [6.07, 6.45) is 7.92. The van der Waals surface area contributed by atoms with Gasteiger partial charge in [-0.15, -0.1) is 0 Å². The van der Waals surface area contributed by atoms with Gasteiger partial charge in [0.15, 0.2) is 0 Å². The number of hydrogen-bond donors (Lipinski definition) is 1. The maximum absolute atomic E-state index is 6.07. The van der Waals surface area contributed by atoms with Crippen LogP contribution in [0.25, 0.3) is 0 Å². The van der Waals surface area contributed by atoms with Gasteiger partial charge >= 0.3 is 0 Å². The van der Waals surface area contributed by atoms with Gasteiger partial charge in [-0.3, -0.25) is 0 Å². The Bertz CT molecular complexity index is 742. The fourth-order valence-electron chi connectivity index (χ4n) is 3.66. The summed E-state index contributed by atoms with van der Waals surface area (Å²) < 4.78 is 0. The molecule has 2 N–H and O–H groups in total. The third kappa shape index (κ3) is 4.34. The molecule has 3 nitrogen and oxygen atoms in total.